The Bertz CT molecular complexity index is 107. The van der Waals surface area contributed by atoms with Gasteiger partial charge in [-0.1, -0.05) is 0 Å². The van der Waals surface area contributed by atoms with Gasteiger partial charge in [0.1, 0.15) is 12.1 Å². The van der Waals surface area contributed by atoms with E-state index in [9.17, 15) is 4.79 Å². The molecular formula is C5H10N2O. The van der Waals surface area contributed by atoms with Crippen molar-refractivity contribution in [3.05, 3.63) is 11.9 Å². The van der Waals surface area contributed by atoms with E-state index in [1.807, 2.05) is 0 Å². The van der Waals surface area contributed by atoms with Crippen molar-refractivity contribution in [2.75, 3.05) is 14.1 Å². The second-order valence-corrected chi connectivity index (χ2v) is 1.62. The standard InChI is InChI=1S/C5H10N2O/c1-7(2)5(6)3-4-8/h3-4H,6H2,1-2H3. The van der Waals surface area contributed by atoms with E-state index >= 15 is 0 Å². The van der Waals surface area contributed by atoms with Crippen LogP contribution in [-0.2, 0) is 4.79 Å². The molecule has 0 saturated carbocycles. The molecular weight excluding hydrogens is 104 g/mol. The zero-order valence-corrected chi connectivity index (χ0v) is 5.09. The summed E-state index contributed by atoms with van der Waals surface area (Å²) in [6.07, 6.45) is 1.97. The average Bonchev–Trinajstić information content (AvgIpc) is 1.67. The van der Waals surface area contributed by atoms with Crippen molar-refractivity contribution in [3.63, 3.8) is 0 Å². The quantitative estimate of drug-likeness (QED) is 0.390. The molecule has 0 aliphatic heterocycles. The van der Waals surface area contributed by atoms with Crippen LogP contribution in [0.25, 0.3) is 0 Å². The molecule has 46 valence electrons. The first-order valence-electron chi connectivity index (χ1n) is 2.26. The molecule has 0 aliphatic carbocycles. The molecule has 0 atom stereocenters. The summed E-state index contributed by atoms with van der Waals surface area (Å²) in [5.74, 6) is 0.472. The summed E-state index contributed by atoms with van der Waals surface area (Å²) in [5.41, 5.74) is 5.28. The number of allylic oxidation sites excluding steroid dienone is 1. The molecule has 0 saturated heterocycles. The van der Waals surface area contributed by atoms with Gasteiger partial charge in [-0.25, -0.2) is 0 Å². The Morgan fingerprint density at radius 3 is 2.25 bits per heavy atom. The first-order valence-corrected chi connectivity index (χ1v) is 2.26. The molecule has 0 bridgehead atoms. The summed E-state index contributed by atoms with van der Waals surface area (Å²) in [5, 5.41) is 0. The first kappa shape index (κ1) is 7.01. The third kappa shape index (κ3) is 2.23. The summed E-state index contributed by atoms with van der Waals surface area (Å²) >= 11 is 0. The predicted octanol–water partition coefficient (Wildman–Crippen LogP) is -0.453. The number of hydrogen-bond donors (Lipinski definition) is 1. The first-order chi connectivity index (χ1) is 3.68. The zero-order valence-electron chi connectivity index (χ0n) is 5.09. The molecule has 0 amide bonds. The van der Waals surface area contributed by atoms with E-state index in [0.717, 1.165) is 0 Å². The van der Waals surface area contributed by atoms with E-state index in [4.69, 9.17) is 5.73 Å². The maximum Gasteiger partial charge on any atom is 0.146 e. The molecule has 0 fully saturated rings. The van der Waals surface area contributed by atoms with Gasteiger partial charge in [0.15, 0.2) is 0 Å². The molecule has 3 nitrogen and oxygen atoms in total. The zero-order chi connectivity index (χ0) is 6.57. The number of hydrogen-bond acceptors (Lipinski definition) is 3. The van der Waals surface area contributed by atoms with Crippen LogP contribution in [0.4, 0.5) is 0 Å². The third-order valence-electron chi connectivity index (χ3n) is 0.755. The number of carbonyl (C=O) groups excluding carboxylic acids is 1. The van der Waals surface area contributed by atoms with Crippen molar-refractivity contribution in [1.29, 1.82) is 0 Å². The van der Waals surface area contributed by atoms with Crippen LogP contribution in [0.3, 0.4) is 0 Å². The van der Waals surface area contributed by atoms with Crippen molar-refractivity contribution >= 4 is 6.29 Å². The fourth-order valence-electron chi connectivity index (χ4n) is 0.219. The Labute approximate surface area is 48.8 Å². The van der Waals surface area contributed by atoms with E-state index in [2.05, 4.69) is 0 Å². The maximum atomic E-state index is 9.74. The Hall–Kier alpha value is -0.990. The monoisotopic (exact) mass is 114 g/mol. The minimum atomic E-state index is 0.472. The number of nitrogens with two attached hydrogens (primary N) is 1. The fraction of sp³-hybridized carbons (Fsp3) is 0.400. The molecule has 0 radical (unpaired) electrons. The lowest BCUT2D eigenvalue weighted by Crippen LogP contribution is -2.18. The van der Waals surface area contributed by atoms with E-state index in [1.165, 1.54) is 6.08 Å². The van der Waals surface area contributed by atoms with Gasteiger partial charge in [0.05, 0.1) is 0 Å². The van der Waals surface area contributed by atoms with E-state index in [-0.39, 0.29) is 0 Å². The van der Waals surface area contributed by atoms with Gasteiger partial charge in [-0.2, -0.15) is 0 Å². The Morgan fingerprint density at radius 2 is 2.12 bits per heavy atom. The highest BCUT2D eigenvalue weighted by atomic mass is 16.1. The highest BCUT2D eigenvalue weighted by molar-refractivity contribution is 5.65. The summed E-state index contributed by atoms with van der Waals surface area (Å²) in [6, 6.07) is 0. The molecule has 0 rings (SSSR count). The van der Waals surface area contributed by atoms with Gasteiger partial charge in [-0.05, 0) is 0 Å². The molecule has 8 heavy (non-hydrogen) atoms. The van der Waals surface area contributed by atoms with Gasteiger partial charge in [0.25, 0.3) is 0 Å². The van der Waals surface area contributed by atoms with Crippen LogP contribution in [0.2, 0.25) is 0 Å². The van der Waals surface area contributed by atoms with Crippen LogP contribution in [-0.4, -0.2) is 25.3 Å². The second kappa shape index (κ2) is 3.07. The summed E-state index contributed by atoms with van der Waals surface area (Å²) in [6.45, 7) is 0. The number of nitrogens with zero attached hydrogens (tertiary/aromatic N) is 1. The van der Waals surface area contributed by atoms with Crippen LogP contribution < -0.4 is 5.73 Å². The molecule has 2 N–H and O–H groups in total. The Morgan fingerprint density at radius 1 is 1.62 bits per heavy atom. The van der Waals surface area contributed by atoms with Crippen LogP contribution >= 0.6 is 0 Å². The highest BCUT2D eigenvalue weighted by Gasteiger charge is 1.86. The SMILES string of the molecule is CN(C)C(N)=CC=O. The highest BCUT2D eigenvalue weighted by Crippen LogP contribution is 1.82. The molecule has 0 heterocycles. The van der Waals surface area contributed by atoms with Crippen molar-refractivity contribution < 1.29 is 4.79 Å². The molecule has 0 aromatic heterocycles. The van der Waals surface area contributed by atoms with Crippen LogP contribution in [0.15, 0.2) is 11.9 Å². The maximum absolute atomic E-state index is 9.74. The average molecular weight is 114 g/mol. The normalized spacial score (nSPS) is 11.0. The topological polar surface area (TPSA) is 46.3 Å². The molecule has 0 aliphatic rings. The number of aldehydes is 1. The lowest BCUT2D eigenvalue weighted by molar-refractivity contribution is -0.104. The van der Waals surface area contributed by atoms with Gasteiger partial charge >= 0.3 is 0 Å². The van der Waals surface area contributed by atoms with E-state index in [1.54, 1.807) is 19.0 Å². The summed E-state index contributed by atoms with van der Waals surface area (Å²) < 4.78 is 0. The van der Waals surface area contributed by atoms with Gasteiger partial charge < -0.3 is 10.6 Å². The fourth-order valence-corrected chi connectivity index (χ4v) is 0.219. The van der Waals surface area contributed by atoms with E-state index < -0.39 is 0 Å². The van der Waals surface area contributed by atoms with Crippen molar-refractivity contribution in [3.8, 4) is 0 Å². The van der Waals surface area contributed by atoms with Gasteiger partial charge in [0, 0.05) is 20.2 Å². The van der Waals surface area contributed by atoms with Crippen molar-refractivity contribution in [2.24, 2.45) is 5.73 Å². The molecule has 3 heteroatoms. The minimum absolute atomic E-state index is 0.472. The smallest absolute Gasteiger partial charge is 0.146 e. The molecule has 0 unspecified atom stereocenters. The van der Waals surface area contributed by atoms with Crippen molar-refractivity contribution in [2.45, 2.75) is 0 Å². The van der Waals surface area contributed by atoms with Gasteiger partial charge in [0.2, 0.25) is 0 Å². The lowest BCUT2D eigenvalue weighted by Gasteiger charge is -2.09. The largest absolute Gasteiger partial charge is 0.385 e. The Balaban J connectivity index is 3.78. The molecule has 0 aromatic carbocycles. The predicted molar refractivity (Wildman–Crippen MR) is 32.0 cm³/mol. The lowest BCUT2D eigenvalue weighted by atomic mass is 10.6. The van der Waals surface area contributed by atoms with Crippen molar-refractivity contribution in [1.82, 2.24) is 4.90 Å². The second-order valence-electron chi connectivity index (χ2n) is 1.62. The Kier molecular flexibility index (Phi) is 2.69. The van der Waals surface area contributed by atoms with E-state index in [0.29, 0.717) is 12.1 Å². The minimum Gasteiger partial charge on any atom is -0.385 e. The third-order valence-corrected chi connectivity index (χ3v) is 0.755. The summed E-state index contributed by atoms with van der Waals surface area (Å²) in [4.78, 5) is 11.4. The van der Waals surface area contributed by atoms with Gasteiger partial charge in [-0.15, -0.1) is 0 Å². The van der Waals surface area contributed by atoms with Crippen LogP contribution in [0.1, 0.15) is 0 Å². The molecule has 0 spiro atoms. The number of rotatable bonds is 2. The van der Waals surface area contributed by atoms with Gasteiger partial charge in [-0.3, -0.25) is 4.79 Å². The number of carbonyl (C=O) groups is 1. The van der Waals surface area contributed by atoms with Crippen LogP contribution in [0, 0.1) is 0 Å². The summed E-state index contributed by atoms with van der Waals surface area (Å²) in [7, 11) is 3.55. The van der Waals surface area contributed by atoms with Crippen LogP contribution in [0.5, 0.6) is 0 Å². The molecule has 0 aromatic rings.